The van der Waals surface area contributed by atoms with Gasteiger partial charge in [0.1, 0.15) is 17.9 Å². The molecule has 0 unspecified atom stereocenters. The molecule has 112 valence electrons. The van der Waals surface area contributed by atoms with Crippen LogP contribution in [0.2, 0.25) is 5.02 Å². The van der Waals surface area contributed by atoms with Crippen molar-refractivity contribution < 1.29 is 19.7 Å². The summed E-state index contributed by atoms with van der Waals surface area (Å²) in [5.74, 6) is -0.385. The molecule has 2 heterocycles. The van der Waals surface area contributed by atoms with Gasteiger partial charge in [-0.25, -0.2) is 0 Å². The molecule has 1 aromatic heterocycles. The number of ether oxygens (including phenoxy) is 1. The summed E-state index contributed by atoms with van der Waals surface area (Å²) in [6.45, 7) is 0.223. The van der Waals surface area contributed by atoms with Crippen LogP contribution in [0, 0.1) is 0 Å². The van der Waals surface area contributed by atoms with E-state index >= 15 is 0 Å². The fraction of sp³-hybridized carbons (Fsp3) is 0.357. The summed E-state index contributed by atoms with van der Waals surface area (Å²) in [5, 5.41) is 23.3. The zero-order chi connectivity index (χ0) is 15.0. The van der Waals surface area contributed by atoms with Crippen LogP contribution >= 0.6 is 11.6 Å². The highest BCUT2D eigenvalue weighted by Crippen LogP contribution is 2.24. The van der Waals surface area contributed by atoms with Crippen molar-refractivity contribution >= 4 is 28.4 Å². The highest BCUT2D eigenvalue weighted by Gasteiger charge is 2.32. The lowest BCUT2D eigenvalue weighted by atomic mass is 10.0. The fourth-order valence-corrected chi connectivity index (χ4v) is 2.62. The number of carbonyl (C=O) groups excluding carboxylic acids is 1. The quantitative estimate of drug-likeness (QED) is 0.656. The van der Waals surface area contributed by atoms with Crippen molar-refractivity contribution in [1.29, 1.82) is 0 Å². The average molecular weight is 311 g/mol. The molecule has 7 heteroatoms. The SMILES string of the molecule is O=C(N[C@@H]1COC[C@@H](O)[C@H]1O)c1cc2c(Cl)cccc2[nH]1. The van der Waals surface area contributed by atoms with Gasteiger partial charge in [0.2, 0.25) is 0 Å². The van der Waals surface area contributed by atoms with E-state index in [1.807, 2.05) is 6.07 Å². The van der Waals surface area contributed by atoms with Crippen LogP contribution in [0.1, 0.15) is 10.5 Å². The predicted molar refractivity (Wildman–Crippen MR) is 77.4 cm³/mol. The number of nitrogens with one attached hydrogen (secondary N) is 2. The Morgan fingerprint density at radius 1 is 1.38 bits per heavy atom. The fourth-order valence-electron chi connectivity index (χ4n) is 2.39. The molecule has 1 aliphatic rings. The van der Waals surface area contributed by atoms with E-state index in [9.17, 15) is 15.0 Å². The predicted octanol–water partition coefficient (Wildman–Crippen LogP) is 0.672. The van der Waals surface area contributed by atoms with Crippen molar-refractivity contribution in [3.8, 4) is 0 Å². The molecule has 0 radical (unpaired) electrons. The smallest absolute Gasteiger partial charge is 0.268 e. The van der Waals surface area contributed by atoms with Crippen molar-refractivity contribution in [2.75, 3.05) is 13.2 Å². The number of aromatic nitrogens is 1. The van der Waals surface area contributed by atoms with Gasteiger partial charge in [0.25, 0.3) is 5.91 Å². The first-order chi connectivity index (χ1) is 10.1. The monoisotopic (exact) mass is 310 g/mol. The summed E-state index contributed by atoms with van der Waals surface area (Å²) >= 11 is 6.06. The Kier molecular flexibility index (Phi) is 3.86. The minimum atomic E-state index is -1.05. The average Bonchev–Trinajstić information content (AvgIpc) is 2.89. The first-order valence-corrected chi connectivity index (χ1v) is 6.96. The van der Waals surface area contributed by atoms with E-state index < -0.39 is 18.2 Å². The van der Waals surface area contributed by atoms with Crippen molar-refractivity contribution in [2.45, 2.75) is 18.2 Å². The van der Waals surface area contributed by atoms with Crippen LogP contribution in [0.15, 0.2) is 24.3 Å². The summed E-state index contributed by atoms with van der Waals surface area (Å²) in [5.41, 5.74) is 1.10. The largest absolute Gasteiger partial charge is 0.388 e. The minimum absolute atomic E-state index is 0.0650. The molecule has 3 rings (SSSR count). The third-order valence-electron chi connectivity index (χ3n) is 3.56. The normalized spacial score (nSPS) is 26.0. The zero-order valence-electron chi connectivity index (χ0n) is 11.0. The first kappa shape index (κ1) is 14.3. The number of aromatic amines is 1. The van der Waals surface area contributed by atoms with E-state index in [4.69, 9.17) is 16.3 Å². The zero-order valence-corrected chi connectivity index (χ0v) is 11.8. The van der Waals surface area contributed by atoms with Crippen LogP contribution in [0.25, 0.3) is 10.9 Å². The number of amides is 1. The Morgan fingerprint density at radius 2 is 2.19 bits per heavy atom. The van der Waals surface area contributed by atoms with Crippen LogP contribution in [-0.2, 0) is 4.74 Å². The molecule has 0 aliphatic carbocycles. The topological polar surface area (TPSA) is 94.6 Å². The van der Waals surface area contributed by atoms with Crippen molar-refractivity contribution in [2.24, 2.45) is 0 Å². The number of hydrogen-bond donors (Lipinski definition) is 4. The number of carbonyl (C=O) groups is 1. The van der Waals surface area contributed by atoms with Crippen LogP contribution in [0.5, 0.6) is 0 Å². The number of hydrogen-bond acceptors (Lipinski definition) is 4. The van der Waals surface area contributed by atoms with Crippen LogP contribution < -0.4 is 5.32 Å². The second kappa shape index (κ2) is 5.65. The Hall–Kier alpha value is -1.60. The van der Waals surface area contributed by atoms with Gasteiger partial charge in [-0.1, -0.05) is 17.7 Å². The summed E-state index contributed by atoms with van der Waals surface area (Å²) in [6.07, 6.45) is -2.04. The summed E-state index contributed by atoms with van der Waals surface area (Å²) in [4.78, 5) is 15.2. The molecule has 1 amide bonds. The number of aliphatic hydroxyl groups is 2. The molecule has 6 nitrogen and oxygen atoms in total. The molecule has 0 spiro atoms. The summed E-state index contributed by atoms with van der Waals surface area (Å²) in [7, 11) is 0. The van der Waals surface area contributed by atoms with Gasteiger partial charge in [0.15, 0.2) is 0 Å². The second-order valence-electron chi connectivity index (χ2n) is 5.06. The number of rotatable bonds is 2. The van der Waals surface area contributed by atoms with Crippen molar-refractivity contribution in [1.82, 2.24) is 10.3 Å². The van der Waals surface area contributed by atoms with Crippen molar-refractivity contribution in [3.63, 3.8) is 0 Å². The first-order valence-electron chi connectivity index (χ1n) is 6.58. The standard InChI is InChI=1S/C14H15ClN2O4/c15-8-2-1-3-9-7(8)4-10(16-9)14(20)17-11-5-21-6-12(18)13(11)19/h1-4,11-13,16,18-19H,5-6H2,(H,17,20)/t11-,12-,13+/m1/s1. The van der Waals surface area contributed by atoms with Gasteiger partial charge in [0.05, 0.1) is 19.3 Å². The molecule has 0 bridgehead atoms. The van der Waals surface area contributed by atoms with Gasteiger partial charge >= 0.3 is 0 Å². The minimum Gasteiger partial charge on any atom is -0.388 e. The molecule has 1 fully saturated rings. The highest BCUT2D eigenvalue weighted by atomic mass is 35.5. The molecule has 21 heavy (non-hydrogen) atoms. The number of H-pyrrole nitrogens is 1. The van der Waals surface area contributed by atoms with E-state index in [0.717, 1.165) is 10.9 Å². The molecular formula is C14H15ClN2O4. The molecule has 3 atom stereocenters. The lowest BCUT2D eigenvalue weighted by molar-refractivity contribution is -0.102. The van der Waals surface area contributed by atoms with Gasteiger partial charge in [-0.3, -0.25) is 4.79 Å². The van der Waals surface area contributed by atoms with Gasteiger partial charge in [-0.05, 0) is 18.2 Å². The van der Waals surface area contributed by atoms with E-state index in [-0.39, 0.29) is 19.1 Å². The number of halogens is 1. The van der Waals surface area contributed by atoms with E-state index in [1.54, 1.807) is 18.2 Å². The maximum absolute atomic E-state index is 12.2. The molecular weight excluding hydrogens is 296 g/mol. The number of benzene rings is 1. The lowest BCUT2D eigenvalue weighted by Gasteiger charge is -2.32. The molecule has 4 N–H and O–H groups in total. The van der Waals surface area contributed by atoms with Crippen LogP contribution in [0.4, 0.5) is 0 Å². The van der Waals surface area contributed by atoms with Gasteiger partial charge < -0.3 is 25.3 Å². The number of aliphatic hydroxyl groups excluding tert-OH is 2. The number of fused-ring (bicyclic) bond motifs is 1. The Balaban J connectivity index is 1.79. The van der Waals surface area contributed by atoms with Crippen LogP contribution in [-0.4, -0.2) is 52.6 Å². The summed E-state index contributed by atoms with van der Waals surface area (Å²) < 4.78 is 5.12. The Morgan fingerprint density at radius 3 is 2.95 bits per heavy atom. The molecule has 1 aliphatic heterocycles. The van der Waals surface area contributed by atoms with Crippen molar-refractivity contribution in [3.05, 3.63) is 35.0 Å². The van der Waals surface area contributed by atoms with Gasteiger partial charge in [-0.2, -0.15) is 0 Å². The Labute approximate surface area is 125 Å². The van der Waals surface area contributed by atoms with Crippen LogP contribution in [0.3, 0.4) is 0 Å². The maximum Gasteiger partial charge on any atom is 0.268 e. The van der Waals surface area contributed by atoms with Gasteiger partial charge in [-0.15, -0.1) is 0 Å². The highest BCUT2D eigenvalue weighted by molar-refractivity contribution is 6.35. The summed E-state index contributed by atoms with van der Waals surface area (Å²) in [6, 6.07) is 6.36. The van der Waals surface area contributed by atoms with E-state index in [2.05, 4.69) is 10.3 Å². The third kappa shape index (κ3) is 2.75. The second-order valence-corrected chi connectivity index (χ2v) is 5.47. The molecule has 1 saturated heterocycles. The molecule has 0 saturated carbocycles. The molecule has 2 aromatic rings. The van der Waals surface area contributed by atoms with E-state index in [1.165, 1.54) is 0 Å². The lowest BCUT2D eigenvalue weighted by Crippen LogP contribution is -2.55. The van der Waals surface area contributed by atoms with Gasteiger partial charge in [0, 0.05) is 15.9 Å². The third-order valence-corrected chi connectivity index (χ3v) is 3.89. The maximum atomic E-state index is 12.2. The Bertz CT molecular complexity index is 672. The molecule has 1 aromatic carbocycles. The van der Waals surface area contributed by atoms with E-state index in [0.29, 0.717) is 10.7 Å².